The molecule has 4 atom stereocenters. The Bertz CT molecular complexity index is 1020. The molecule has 2 heterocycles. The van der Waals surface area contributed by atoms with E-state index in [9.17, 15) is 24.0 Å². The Morgan fingerprint density at radius 1 is 1.17 bits per heavy atom. The van der Waals surface area contributed by atoms with Crippen LogP contribution < -0.4 is 5.32 Å². The van der Waals surface area contributed by atoms with Crippen molar-refractivity contribution in [3.63, 3.8) is 0 Å². The van der Waals surface area contributed by atoms with Crippen LogP contribution in [0, 0.1) is 23.7 Å². The summed E-state index contributed by atoms with van der Waals surface area (Å²) in [4.78, 5) is 65.1. The third kappa shape index (κ3) is 5.31. The molecule has 2 bridgehead atoms. The minimum atomic E-state index is -0.470. The molecule has 1 aromatic rings. The van der Waals surface area contributed by atoms with Gasteiger partial charge >= 0.3 is 0 Å². The number of rotatable bonds is 12. The number of carbonyl (C=O) groups is 5. The van der Waals surface area contributed by atoms with Crippen LogP contribution in [-0.4, -0.2) is 87.6 Å². The molecule has 3 aliphatic rings. The van der Waals surface area contributed by atoms with Gasteiger partial charge < -0.3 is 15.0 Å². The molecule has 1 saturated carbocycles. The highest BCUT2D eigenvalue weighted by molar-refractivity contribution is 6.06. The normalized spacial score (nSPS) is 24.2. The highest BCUT2D eigenvalue weighted by Gasteiger charge is 2.59. The number of ether oxygens (including phenoxy) is 1. The molecule has 4 amide bonds. The number of carbonyl (C=O) groups excluding carboxylic acids is 5. The first kappa shape index (κ1) is 24.7. The number of nitrogens with zero attached hydrogens (tertiary/aromatic N) is 5. The number of ketones is 1. The molecule has 12 nitrogen and oxygen atoms in total. The van der Waals surface area contributed by atoms with Crippen molar-refractivity contribution in [1.29, 1.82) is 0 Å². The highest BCUT2D eigenvalue weighted by atomic mass is 16.5. The molecule has 1 aliphatic heterocycles. The Kier molecular flexibility index (Phi) is 7.39. The van der Waals surface area contributed by atoms with Crippen molar-refractivity contribution < 1.29 is 28.7 Å². The Hall–Kier alpha value is -3.41. The van der Waals surface area contributed by atoms with Gasteiger partial charge in [0.1, 0.15) is 18.7 Å². The second-order valence-electron chi connectivity index (χ2n) is 9.27. The van der Waals surface area contributed by atoms with Gasteiger partial charge in [-0.3, -0.25) is 28.9 Å². The number of Topliss-reactive ketones (excluding diaryl/α,β-unsaturated/α-hetero) is 1. The lowest BCUT2D eigenvalue weighted by Crippen LogP contribution is -2.43. The third-order valence-corrected chi connectivity index (χ3v) is 6.77. The maximum Gasteiger partial charge on any atom is 0.233 e. The maximum absolute atomic E-state index is 13.0. The van der Waals surface area contributed by atoms with Gasteiger partial charge in [-0.1, -0.05) is 17.4 Å². The average molecular weight is 487 g/mol. The summed E-state index contributed by atoms with van der Waals surface area (Å²) in [6.07, 6.45) is 6.07. The van der Waals surface area contributed by atoms with E-state index >= 15 is 0 Å². The van der Waals surface area contributed by atoms with E-state index in [0.29, 0.717) is 12.3 Å². The molecule has 4 rings (SSSR count). The molecule has 2 fully saturated rings. The number of likely N-dealkylation sites (tertiary alicyclic amines) is 1. The number of nitrogens with one attached hydrogen (secondary N) is 1. The first-order valence-corrected chi connectivity index (χ1v) is 11.7. The number of fused-ring (bicyclic) bond motifs is 5. The molecule has 1 N–H and O–H groups in total. The Labute approximate surface area is 202 Å². The van der Waals surface area contributed by atoms with E-state index in [1.54, 1.807) is 6.20 Å². The summed E-state index contributed by atoms with van der Waals surface area (Å²) < 4.78 is 6.26. The van der Waals surface area contributed by atoms with Crippen molar-refractivity contribution in [3.05, 3.63) is 24.0 Å². The highest BCUT2D eigenvalue weighted by Crippen LogP contribution is 2.52. The number of imide groups is 1. The predicted octanol–water partition coefficient (Wildman–Crippen LogP) is -0.844. The molecule has 12 heteroatoms. The second kappa shape index (κ2) is 10.5. The fourth-order valence-corrected chi connectivity index (χ4v) is 5.21. The summed E-state index contributed by atoms with van der Waals surface area (Å²) in [6, 6.07) is 0. The van der Waals surface area contributed by atoms with Crippen LogP contribution in [0.15, 0.2) is 18.3 Å². The van der Waals surface area contributed by atoms with E-state index < -0.39 is 18.2 Å². The Morgan fingerprint density at radius 3 is 2.49 bits per heavy atom. The first-order valence-electron chi connectivity index (χ1n) is 11.7. The molecule has 1 aromatic heterocycles. The second-order valence-corrected chi connectivity index (χ2v) is 9.27. The number of aromatic nitrogens is 3. The molecule has 188 valence electrons. The van der Waals surface area contributed by atoms with Crippen molar-refractivity contribution in [2.45, 2.75) is 32.9 Å². The number of amides is 4. The van der Waals surface area contributed by atoms with E-state index in [0.717, 1.165) is 6.42 Å². The fraction of sp³-hybridized carbons (Fsp3) is 0.609. The SMILES string of the molecule is COCCNC(=O)CC(=O)N(CCN1C(=O)C2C3C=CC(C3)C2C1=O)Cc1cn(CC(C)=O)nn1. The molecule has 0 aromatic carbocycles. The smallest absolute Gasteiger partial charge is 0.233 e. The minimum Gasteiger partial charge on any atom is -0.383 e. The summed E-state index contributed by atoms with van der Waals surface area (Å²) in [6.45, 7) is 2.21. The van der Waals surface area contributed by atoms with Gasteiger partial charge in [-0.15, -0.1) is 5.10 Å². The van der Waals surface area contributed by atoms with E-state index in [-0.39, 0.29) is 74.0 Å². The largest absolute Gasteiger partial charge is 0.383 e. The Balaban J connectivity index is 1.42. The van der Waals surface area contributed by atoms with Crippen molar-refractivity contribution in [3.8, 4) is 0 Å². The van der Waals surface area contributed by atoms with Crippen molar-refractivity contribution >= 4 is 29.4 Å². The Morgan fingerprint density at radius 2 is 1.86 bits per heavy atom. The van der Waals surface area contributed by atoms with Crippen LogP contribution >= 0.6 is 0 Å². The van der Waals surface area contributed by atoms with Gasteiger partial charge in [-0.2, -0.15) is 0 Å². The van der Waals surface area contributed by atoms with Crippen molar-refractivity contribution in [2.24, 2.45) is 23.7 Å². The average Bonchev–Trinajstić information content (AvgIpc) is 3.57. The van der Waals surface area contributed by atoms with Crippen LogP contribution in [0.25, 0.3) is 0 Å². The van der Waals surface area contributed by atoms with E-state index in [1.807, 2.05) is 12.2 Å². The van der Waals surface area contributed by atoms with Gasteiger partial charge in [0.2, 0.25) is 23.6 Å². The van der Waals surface area contributed by atoms with Gasteiger partial charge in [0.05, 0.1) is 31.2 Å². The van der Waals surface area contributed by atoms with Gasteiger partial charge in [0.25, 0.3) is 0 Å². The summed E-state index contributed by atoms with van der Waals surface area (Å²) >= 11 is 0. The number of hydrogen-bond acceptors (Lipinski definition) is 8. The van der Waals surface area contributed by atoms with Gasteiger partial charge in [0, 0.05) is 26.7 Å². The standard InChI is InChI=1S/C23H30N6O6/c1-14(30)11-28-13-17(25-26-28)12-27(19(32)10-18(31)24-5-8-35-2)6-7-29-22(33)20-15-3-4-16(9-15)21(20)23(29)34/h3-4,13,15-16,20-21H,5-12H2,1-2H3,(H,24,31). The zero-order valence-corrected chi connectivity index (χ0v) is 19.9. The van der Waals surface area contributed by atoms with Crippen LogP contribution in [0.2, 0.25) is 0 Å². The van der Waals surface area contributed by atoms with E-state index in [4.69, 9.17) is 4.74 Å². The monoisotopic (exact) mass is 486 g/mol. The summed E-state index contributed by atoms with van der Waals surface area (Å²) in [5.74, 6) is -1.79. The van der Waals surface area contributed by atoms with E-state index in [2.05, 4.69) is 15.6 Å². The van der Waals surface area contributed by atoms with Crippen molar-refractivity contribution in [1.82, 2.24) is 30.1 Å². The van der Waals surface area contributed by atoms with Gasteiger partial charge in [0.15, 0.2) is 5.78 Å². The quantitative estimate of drug-likeness (QED) is 0.174. The molecule has 0 radical (unpaired) electrons. The summed E-state index contributed by atoms with van der Waals surface area (Å²) in [5.41, 5.74) is 0.428. The predicted molar refractivity (Wildman–Crippen MR) is 120 cm³/mol. The number of methoxy groups -OCH3 is 1. The summed E-state index contributed by atoms with van der Waals surface area (Å²) in [5, 5.41) is 10.5. The third-order valence-electron chi connectivity index (χ3n) is 6.77. The van der Waals surface area contributed by atoms with Crippen LogP contribution in [-0.2, 0) is 41.8 Å². The molecule has 4 unspecified atom stereocenters. The van der Waals surface area contributed by atoms with Crippen LogP contribution in [0.3, 0.4) is 0 Å². The first-order chi connectivity index (χ1) is 16.8. The fourth-order valence-electron chi connectivity index (χ4n) is 5.21. The molecule has 35 heavy (non-hydrogen) atoms. The maximum atomic E-state index is 13.0. The lowest BCUT2D eigenvalue weighted by molar-refractivity contribution is -0.143. The number of allylic oxidation sites excluding steroid dienone is 2. The number of hydrogen-bond donors (Lipinski definition) is 1. The molecule has 2 aliphatic carbocycles. The molecular weight excluding hydrogens is 456 g/mol. The summed E-state index contributed by atoms with van der Waals surface area (Å²) in [7, 11) is 1.51. The van der Waals surface area contributed by atoms with Crippen LogP contribution in [0.1, 0.15) is 25.5 Å². The van der Waals surface area contributed by atoms with Crippen LogP contribution in [0.5, 0.6) is 0 Å². The lowest BCUT2D eigenvalue weighted by atomic mass is 9.85. The van der Waals surface area contributed by atoms with Crippen molar-refractivity contribution in [2.75, 3.05) is 33.4 Å². The topological polar surface area (TPSA) is 144 Å². The van der Waals surface area contributed by atoms with Gasteiger partial charge in [-0.25, -0.2) is 4.68 Å². The van der Waals surface area contributed by atoms with Crippen LogP contribution in [0.4, 0.5) is 0 Å². The zero-order chi connectivity index (χ0) is 25.1. The van der Waals surface area contributed by atoms with E-state index in [1.165, 1.54) is 28.5 Å². The zero-order valence-electron chi connectivity index (χ0n) is 19.9. The molecule has 0 spiro atoms. The molecular formula is C23H30N6O6. The molecule has 1 saturated heterocycles. The van der Waals surface area contributed by atoms with Gasteiger partial charge in [-0.05, 0) is 25.2 Å². The minimum absolute atomic E-state index is 0.0258. The lowest BCUT2D eigenvalue weighted by Gasteiger charge is -2.25.